The second-order valence-corrected chi connectivity index (χ2v) is 13.2. The number of carboxylic acids is 2. The van der Waals surface area contributed by atoms with E-state index in [1.54, 1.807) is 0 Å². The molecule has 0 aromatic rings. The molecule has 8 heteroatoms. The van der Waals surface area contributed by atoms with E-state index in [-0.39, 0.29) is 67.3 Å². The van der Waals surface area contributed by atoms with Crippen LogP contribution in [0.5, 0.6) is 0 Å². The summed E-state index contributed by atoms with van der Waals surface area (Å²) in [5.74, 6) is -2.36. The Balaban J connectivity index is -0.000000399. The second-order valence-electron chi connectivity index (χ2n) is 13.2. The van der Waals surface area contributed by atoms with Crippen LogP contribution in [0.25, 0.3) is 0 Å². The Morgan fingerprint density at radius 3 is 0.979 bits per heavy atom. The van der Waals surface area contributed by atoms with E-state index < -0.39 is 17.9 Å². The number of carboxylic acid groups (broad SMARTS) is 2. The first-order valence-corrected chi connectivity index (χ1v) is 19.7. The Morgan fingerprint density at radius 1 is 0.438 bits per heavy atom. The first-order chi connectivity index (χ1) is 22.4. The van der Waals surface area contributed by atoms with Crippen molar-refractivity contribution in [2.24, 2.45) is 0 Å². The molecular weight excluding hydrogens is 640 g/mol. The Bertz CT molecular complexity index is 689. The third-order valence-corrected chi connectivity index (χ3v) is 8.60. The van der Waals surface area contributed by atoms with E-state index in [9.17, 15) is 14.4 Å². The van der Waals surface area contributed by atoms with Crippen molar-refractivity contribution in [1.82, 2.24) is 0 Å². The van der Waals surface area contributed by atoms with E-state index in [4.69, 9.17) is 14.9 Å². The van der Waals surface area contributed by atoms with Gasteiger partial charge in [-0.15, -0.1) is 0 Å². The number of ether oxygens (including phenoxy) is 1. The molecule has 0 heterocycles. The van der Waals surface area contributed by atoms with Crippen LogP contribution in [0, 0.1) is 0 Å². The minimum absolute atomic E-state index is 0. The molecule has 0 saturated heterocycles. The van der Waals surface area contributed by atoms with Crippen LogP contribution in [0.3, 0.4) is 0 Å². The summed E-state index contributed by atoms with van der Waals surface area (Å²) in [7, 11) is 0. The van der Waals surface area contributed by atoms with E-state index in [0.29, 0.717) is 13.0 Å². The number of aliphatic carboxylic acids is 2. The SMILES string of the molecule is CCCCCCCCCCCCCCCCCC(=O)O.CCCCCCCCCCCCCCCCCCOC(=O)C=CC(=O)O.[CaH2].[NaH]. The first-order valence-electron chi connectivity index (χ1n) is 19.7. The summed E-state index contributed by atoms with van der Waals surface area (Å²) >= 11 is 0. The third kappa shape index (κ3) is 55.8. The molecule has 48 heavy (non-hydrogen) atoms. The molecule has 0 bridgehead atoms. The molecular formula is C40H79CaNaO6. The number of esters is 1. The topological polar surface area (TPSA) is 101 Å². The van der Waals surface area contributed by atoms with E-state index in [1.807, 2.05) is 0 Å². The molecule has 278 valence electrons. The van der Waals surface area contributed by atoms with Gasteiger partial charge in [0, 0.05) is 18.6 Å². The summed E-state index contributed by atoms with van der Waals surface area (Å²) in [6.45, 7) is 4.91. The van der Waals surface area contributed by atoms with Gasteiger partial charge in [0.15, 0.2) is 0 Å². The molecule has 0 rings (SSSR count). The molecule has 0 atom stereocenters. The molecule has 0 radical (unpaired) electrons. The second kappa shape index (κ2) is 49.5. The van der Waals surface area contributed by atoms with Crippen molar-refractivity contribution in [3.63, 3.8) is 0 Å². The van der Waals surface area contributed by atoms with Crippen LogP contribution in [0.15, 0.2) is 12.2 Å². The number of carbonyl (C=O) groups is 3. The number of rotatable bonds is 35. The Kier molecular flexibility index (Phi) is 56.9. The zero-order chi connectivity index (χ0) is 34.2. The molecule has 0 spiro atoms. The Hall–Kier alpha value is 0.410. The monoisotopic (exact) mass is 719 g/mol. The van der Waals surface area contributed by atoms with Gasteiger partial charge >= 0.3 is 85.2 Å². The quantitative estimate of drug-likeness (QED) is 0.0293. The number of hydrogen-bond acceptors (Lipinski definition) is 4. The molecule has 2 N–H and O–H groups in total. The minimum atomic E-state index is -1.13. The van der Waals surface area contributed by atoms with Gasteiger partial charge in [0.2, 0.25) is 0 Å². The van der Waals surface area contributed by atoms with Gasteiger partial charge in [-0.1, -0.05) is 200 Å². The fourth-order valence-electron chi connectivity index (χ4n) is 5.66. The average molecular weight is 719 g/mol. The Morgan fingerprint density at radius 2 is 0.708 bits per heavy atom. The molecule has 0 aromatic heterocycles. The van der Waals surface area contributed by atoms with Crippen molar-refractivity contribution in [2.45, 2.75) is 219 Å². The van der Waals surface area contributed by atoms with Crippen LogP contribution in [-0.4, -0.2) is 102 Å². The van der Waals surface area contributed by atoms with Crippen molar-refractivity contribution in [3.8, 4) is 0 Å². The van der Waals surface area contributed by atoms with Crippen molar-refractivity contribution < 1.29 is 29.3 Å². The summed E-state index contributed by atoms with van der Waals surface area (Å²) < 4.78 is 4.92. The van der Waals surface area contributed by atoms with E-state index in [0.717, 1.165) is 37.8 Å². The van der Waals surface area contributed by atoms with Crippen molar-refractivity contribution >= 4 is 85.2 Å². The van der Waals surface area contributed by atoms with Gasteiger partial charge in [-0.2, -0.15) is 0 Å². The van der Waals surface area contributed by atoms with Gasteiger partial charge in [0.25, 0.3) is 0 Å². The fourth-order valence-corrected chi connectivity index (χ4v) is 5.66. The zero-order valence-electron chi connectivity index (χ0n) is 30.5. The fraction of sp³-hybridized carbons (Fsp3) is 0.875. The maximum absolute atomic E-state index is 11.1. The van der Waals surface area contributed by atoms with E-state index in [2.05, 4.69) is 13.8 Å². The molecule has 0 fully saturated rings. The average Bonchev–Trinajstić information content (AvgIpc) is 3.03. The standard InChI is InChI=1S/C22H40O4.C18H36O2.Ca.Na.3H/c1-2-3-4-5-6-7-8-9-10-11-12-13-14-15-16-17-20-26-22(25)19-18-21(23)24;1-2-3-4-5-6-7-8-9-10-11-12-13-14-15-16-17-18(19)20;;;;;/h18-19H,2-17,20H2,1H3,(H,23,24);2-17H2,1H3,(H,19,20);;;;;. The van der Waals surface area contributed by atoms with Crippen molar-refractivity contribution in [2.75, 3.05) is 6.61 Å². The van der Waals surface area contributed by atoms with Gasteiger partial charge in [-0.05, 0) is 12.8 Å². The summed E-state index contributed by atoms with van der Waals surface area (Å²) in [6.07, 6.45) is 42.9. The van der Waals surface area contributed by atoms with Crippen LogP contribution >= 0.6 is 0 Å². The van der Waals surface area contributed by atoms with Crippen LogP contribution < -0.4 is 0 Å². The van der Waals surface area contributed by atoms with E-state index >= 15 is 0 Å². The number of hydrogen-bond donors (Lipinski definition) is 2. The molecule has 6 nitrogen and oxygen atoms in total. The number of carbonyl (C=O) groups excluding carboxylic acids is 1. The van der Waals surface area contributed by atoms with Gasteiger partial charge in [-0.3, -0.25) is 4.79 Å². The summed E-state index contributed by atoms with van der Waals surface area (Å²) in [5, 5.41) is 16.9. The molecule has 0 aromatic carbocycles. The van der Waals surface area contributed by atoms with Crippen molar-refractivity contribution in [1.29, 1.82) is 0 Å². The third-order valence-electron chi connectivity index (χ3n) is 8.60. The summed E-state index contributed by atoms with van der Waals surface area (Å²) in [5.41, 5.74) is 0. The summed E-state index contributed by atoms with van der Waals surface area (Å²) in [6, 6.07) is 0. The van der Waals surface area contributed by atoms with Gasteiger partial charge in [0.05, 0.1) is 6.61 Å². The zero-order valence-corrected chi connectivity index (χ0v) is 30.5. The van der Waals surface area contributed by atoms with Crippen LogP contribution in [0.4, 0.5) is 0 Å². The predicted molar refractivity (Wildman–Crippen MR) is 210 cm³/mol. The predicted octanol–water partition coefficient (Wildman–Crippen LogP) is 11.2. The van der Waals surface area contributed by atoms with E-state index in [1.165, 1.54) is 173 Å². The molecule has 0 saturated carbocycles. The summed E-state index contributed by atoms with van der Waals surface area (Å²) in [4.78, 5) is 31.7. The first kappa shape index (κ1) is 55.2. The Labute approximate surface area is 349 Å². The van der Waals surface area contributed by atoms with Crippen molar-refractivity contribution in [3.05, 3.63) is 12.2 Å². The van der Waals surface area contributed by atoms with Crippen LogP contribution in [0.2, 0.25) is 0 Å². The van der Waals surface area contributed by atoms with Crippen LogP contribution in [-0.2, 0) is 19.1 Å². The molecule has 0 unspecified atom stereocenters. The molecule has 0 amide bonds. The van der Waals surface area contributed by atoms with Gasteiger partial charge in [-0.25, -0.2) is 9.59 Å². The molecule has 0 aliphatic carbocycles. The van der Waals surface area contributed by atoms with Crippen LogP contribution in [0.1, 0.15) is 219 Å². The molecule has 0 aliphatic heterocycles. The van der Waals surface area contributed by atoms with Gasteiger partial charge in [0.1, 0.15) is 0 Å². The normalized spacial score (nSPS) is 10.5. The molecule has 0 aliphatic rings. The maximum atomic E-state index is 11.1. The van der Waals surface area contributed by atoms with Gasteiger partial charge < -0.3 is 14.9 Å². The number of unbranched alkanes of at least 4 members (excludes halogenated alkanes) is 29.